The number of imidazole rings is 1. The highest BCUT2D eigenvalue weighted by molar-refractivity contribution is 5.71. The Labute approximate surface area is 101 Å². The van der Waals surface area contributed by atoms with Gasteiger partial charge in [0.05, 0.1) is 19.7 Å². The SMILES string of the molecule is CCOC(=O)CN(Cc1nccn1C)C1CC1. The van der Waals surface area contributed by atoms with E-state index < -0.39 is 0 Å². The van der Waals surface area contributed by atoms with Crippen LogP contribution in [0.2, 0.25) is 0 Å². The van der Waals surface area contributed by atoms with E-state index >= 15 is 0 Å². The zero-order valence-electron chi connectivity index (χ0n) is 10.4. The maximum atomic E-state index is 11.5. The number of rotatable bonds is 6. The molecule has 0 N–H and O–H groups in total. The van der Waals surface area contributed by atoms with Crippen LogP contribution in [0.5, 0.6) is 0 Å². The van der Waals surface area contributed by atoms with Crippen molar-refractivity contribution in [3.63, 3.8) is 0 Å². The van der Waals surface area contributed by atoms with Crippen molar-refractivity contribution in [1.29, 1.82) is 0 Å². The minimum atomic E-state index is -0.145. The lowest BCUT2D eigenvalue weighted by atomic mass is 10.4. The maximum Gasteiger partial charge on any atom is 0.320 e. The molecule has 0 spiro atoms. The third kappa shape index (κ3) is 3.30. The van der Waals surface area contributed by atoms with Crippen LogP contribution in [0.3, 0.4) is 0 Å². The van der Waals surface area contributed by atoms with Gasteiger partial charge in [0.25, 0.3) is 0 Å². The summed E-state index contributed by atoms with van der Waals surface area (Å²) in [5, 5.41) is 0. The molecule has 17 heavy (non-hydrogen) atoms. The zero-order chi connectivity index (χ0) is 12.3. The van der Waals surface area contributed by atoms with Gasteiger partial charge in [-0.1, -0.05) is 0 Å². The van der Waals surface area contributed by atoms with E-state index in [1.54, 1.807) is 6.20 Å². The van der Waals surface area contributed by atoms with E-state index in [9.17, 15) is 4.79 Å². The summed E-state index contributed by atoms with van der Waals surface area (Å²) in [4.78, 5) is 17.9. The molecule has 1 aromatic heterocycles. The molecule has 1 saturated carbocycles. The van der Waals surface area contributed by atoms with Gasteiger partial charge in [0, 0.05) is 25.5 Å². The predicted octanol–water partition coefficient (Wildman–Crippen LogP) is 0.948. The average Bonchev–Trinajstić information content (AvgIpc) is 3.05. The van der Waals surface area contributed by atoms with Crippen LogP contribution in [-0.2, 0) is 23.1 Å². The van der Waals surface area contributed by atoms with E-state index in [4.69, 9.17) is 4.74 Å². The van der Waals surface area contributed by atoms with Gasteiger partial charge < -0.3 is 9.30 Å². The van der Waals surface area contributed by atoms with E-state index in [2.05, 4.69) is 9.88 Å². The lowest BCUT2D eigenvalue weighted by Crippen LogP contribution is -2.33. The van der Waals surface area contributed by atoms with Crippen LogP contribution in [0.4, 0.5) is 0 Å². The Balaban J connectivity index is 1.93. The van der Waals surface area contributed by atoms with Crippen molar-refractivity contribution in [2.24, 2.45) is 7.05 Å². The van der Waals surface area contributed by atoms with Crippen LogP contribution in [0, 0.1) is 0 Å². The summed E-state index contributed by atoms with van der Waals surface area (Å²) >= 11 is 0. The summed E-state index contributed by atoms with van der Waals surface area (Å²) in [7, 11) is 1.97. The van der Waals surface area contributed by atoms with Gasteiger partial charge in [-0.3, -0.25) is 9.69 Å². The summed E-state index contributed by atoms with van der Waals surface area (Å²) < 4.78 is 6.98. The Hall–Kier alpha value is -1.36. The molecule has 0 aromatic carbocycles. The smallest absolute Gasteiger partial charge is 0.320 e. The molecule has 1 heterocycles. The number of carbonyl (C=O) groups is 1. The molecule has 0 saturated heterocycles. The van der Waals surface area contributed by atoms with Crippen LogP contribution in [0.1, 0.15) is 25.6 Å². The summed E-state index contributed by atoms with van der Waals surface area (Å²) in [6.45, 7) is 3.36. The molecule has 0 radical (unpaired) electrons. The van der Waals surface area contributed by atoms with Crippen LogP contribution < -0.4 is 0 Å². The maximum absolute atomic E-state index is 11.5. The third-order valence-electron chi connectivity index (χ3n) is 2.97. The number of aromatic nitrogens is 2. The molecule has 0 bridgehead atoms. The van der Waals surface area contributed by atoms with E-state index in [1.165, 1.54) is 12.8 Å². The van der Waals surface area contributed by atoms with Crippen molar-refractivity contribution in [3.8, 4) is 0 Å². The van der Waals surface area contributed by atoms with Gasteiger partial charge >= 0.3 is 5.97 Å². The van der Waals surface area contributed by atoms with Gasteiger partial charge in [0.2, 0.25) is 0 Å². The van der Waals surface area contributed by atoms with Crippen molar-refractivity contribution in [2.75, 3.05) is 13.2 Å². The first-order valence-corrected chi connectivity index (χ1v) is 6.06. The summed E-state index contributed by atoms with van der Waals surface area (Å²) in [6.07, 6.45) is 6.04. The van der Waals surface area contributed by atoms with Crippen LogP contribution in [0.25, 0.3) is 0 Å². The number of nitrogens with zero attached hydrogens (tertiary/aromatic N) is 3. The number of hydrogen-bond donors (Lipinski definition) is 0. The lowest BCUT2D eigenvalue weighted by Gasteiger charge is -2.20. The molecule has 1 aliphatic rings. The van der Waals surface area contributed by atoms with Gasteiger partial charge in [-0.05, 0) is 19.8 Å². The van der Waals surface area contributed by atoms with E-state index in [-0.39, 0.29) is 5.97 Å². The highest BCUT2D eigenvalue weighted by Gasteiger charge is 2.31. The Kier molecular flexibility index (Phi) is 3.78. The normalized spacial score (nSPS) is 15.2. The molecule has 0 atom stereocenters. The number of ether oxygens (including phenoxy) is 1. The van der Waals surface area contributed by atoms with Crippen molar-refractivity contribution in [1.82, 2.24) is 14.5 Å². The molecule has 0 aliphatic heterocycles. The first-order valence-electron chi connectivity index (χ1n) is 6.06. The van der Waals surface area contributed by atoms with Crippen molar-refractivity contribution >= 4 is 5.97 Å². The molecule has 5 nitrogen and oxygen atoms in total. The summed E-state index contributed by atoms with van der Waals surface area (Å²) in [5.74, 6) is 0.842. The Bertz CT molecular complexity index is 385. The minimum Gasteiger partial charge on any atom is -0.465 e. The topological polar surface area (TPSA) is 47.4 Å². The third-order valence-corrected chi connectivity index (χ3v) is 2.97. The fraction of sp³-hybridized carbons (Fsp3) is 0.667. The molecule has 1 aliphatic carbocycles. The van der Waals surface area contributed by atoms with Crippen LogP contribution >= 0.6 is 0 Å². The van der Waals surface area contributed by atoms with Gasteiger partial charge in [-0.25, -0.2) is 4.98 Å². The largest absolute Gasteiger partial charge is 0.465 e. The van der Waals surface area contributed by atoms with Crippen LogP contribution in [0.15, 0.2) is 12.4 Å². The first kappa shape index (κ1) is 12.1. The number of carbonyl (C=O) groups excluding carboxylic acids is 1. The second kappa shape index (κ2) is 5.31. The molecule has 0 amide bonds. The van der Waals surface area contributed by atoms with Crippen molar-refractivity contribution in [3.05, 3.63) is 18.2 Å². The molecular formula is C12H19N3O2. The highest BCUT2D eigenvalue weighted by atomic mass is 16.5. The molecule has 2 rings (SSSR count). The standard InChI is InChI=1S/C12H19N3O2/c1-3-17-12(16)9-15(10-4-5-10)8-11-13-6-7-14(11)2/h6-7,10H,3-5,8-9H2,1-2H3. The molecule has 1 aromatic rings. The molecule has 0 unspecified atom stereocenters. The highest BCUT2D eigenvalue weighted by Crippen LogP contribution is 2.27. The Morgan fingerprint density at radius 1 is 1.65 bits per heavy atom. The van der Waals surface area contributed by atoms with Gasteiger partial charge in [-0.2, -0.15) is 0 Å². The Morgan fingerprint density at radius 3 is 2.94 bits per heavy atom. The van der Waals surface area contributed by atoms with Gasteiger partial charge in [-0.15, -0.1) is 0 Å². The molecule has 5 heteroatoms. The fourth-order valence-electron chi connectivity index (χ4n) is 1.86. The molecule has 1 fully saturated rings. The van der Waals surface area contributed by atoms with Crippen LogP contribution in [-0.4, -0.2) is 39.6 Å². The second-order valence-corrected chi connectivity index (χ2v) is 4.40. The first-order chi connectivity index (χ1) is 8.20. The zero-order valence-corrected chi connectivity index (χ0v) is 10.4. The molecule has 94 valence electrons. The summed E-state index contributed by atoms with van der Waals surface area (Å²) in [5.41, 5.74) is 0. The predicted molar refractivity (Wildman–Crippen MR) is 63.3 cm³/mol. The van der Waals surface area contributed by atoms with E-state index in [0.717, 1.165) is 5.82 Å². The number of hydrogen-bond acceptors (Lipinski definition) is 4. The lowest BCUT2D eigenvalue weighted by molar-refractivity contribution is -0.144. The number of aryl methyl sites for hydroxylation is 1. The van der Waals surface area contributed by atoms with Crippen molar-refractivity contribution in [2.45, 2.75) is 32.4 Å². The minimum absolute atomic E-state index is 0.145. The summed E-state index contributed by atoms with van der Waals surface area (Å²) in [6, 6.07) is 0.524. The average molecular weight is 237 g/mol. The van der Waals surface area contributed by atoms with Crippen molar-refractivity contribution < 1.29 is 9.53 Å². The quantitative estimate of drug-likeness (QED) is 0.691. The van der Waals surface area contributed by atoms with E-state index in [1.807, 2.05) is 24.7 Å². The van der Waals surface area contributed by atoms with Gasteiger partial charge in [0.1, 0.15) is 5.82 Å². The fourth-order valence-corrected chi connectivity index (χ4v) is 1.86. The molecular weight excluding hydrogens is 218 g/mol. The number of esters is 1. The Morgan fingerprint density at radius 2 is 2.41 bits per heavy atom. The second-order valence-electron chi connectivity index (χ2n) is 4.40. The van der Waals surface area contributed by atoms with E-state index in [0.29, 0.717) is 25.7 Å². The van der Waals surface area contributed by atoms with Gasteiger partial charge in [0.15, 0.2) is 0 Å². The monoisotopic (exact) mass is 237 g/mol.